The molecule has 0 aromatic carbocycles. The van der Waals surface area contributed by atoms with Crippen molar-refractivity contribution in [1.82, 2.24) is 4.90 Å². The van der Waals surface area contributed by atoms with Gasteiger partial charge >= 0.3 is 5.97 Å². The third kappa shape index (κ3) is 1.92. The van der Waals surface area contributed by atoms with Crippen LogP contribution in [0.4, 0.5) is 0 Å². The fourth-order valence-electron chi connectivity index (χ4n) is 3.30. The number of nitrogens with zero attached hydrogens (tertiary/aromatic N) is 1. The summed E-state index contributed by atoms with van der Waals surface area (Å²) in [5.41, 5.74) is 0. The molecule has 0 aromatic heterocycles. The lowest BCUT2D eigenvalue weighted by atomic mass is 9.92. The molecule has 4 unspecified atom stereocenters. The lowest BCUT2D eigenvalue weighted by Gasteiger charge is -2.33. The SMILES string of the molecule is O=C(O)C1CN(C(=O)C2CC3C=CC2C3)CCO1. The number of rotatable bonds is 2. The van der Waals surface area contributed by atoms with E-state index in [0.29, 0.717) is 25.0 Å². The van der Waals surface area contributed by atoms with Crippen molar-refractivity contribution in [1.29, 1.82) is 0 Å². The van der Waals surface area contributed by atoms with Crippen molar-refractivity contribution in [3.8, 4) is 0 Å². The molecule has 1 aliphatic heterocycles. The van der Waals surface area contributed by atoms with Crippen LogP contribution < -0.4 is 0 Å². The number of carbonyl (C=O) groups excluding carboxylic acids is 1. The van der Waals surface area contributed by atoms with Gasteiger partial charge in [-0.25, -0.2) is 4.79 Å². The second-order valence-corrected chi connectivity index (χ2v) is 5.37. The molecule has 98 valence electrons. The zero-order valence-corrected chi connectivity index (χ0v) is 10.1. The van der Waals surface area contributed by atoms with Gasteiger partial charge in [0.15, 0.2) is 6.10 Å². The van der Waals surface area contributed by atoms with Crippen LogP contribution in [0, 0.1) is 17.8 Å². The first-order chi connectivity index (χ1) is 8.65. The molecule has 18 heavy (non-hydrogen) atoms. The zero-order chi connectivity index (χ0) is 12.7. The normalized spacial score (nSPS) is 38.1. The molecule has 3 aliphatic rings. The minimum Gasteiger partial charge on any atom is -0.479 e. The van der Waals surface area contributed by atoms with E-state index in [4.69, 9.17) is 9.84 Å². The van der Waals surface area contributed by atoms with Gasteiger partial charge in [0, 0.05) is 12.5 Å². The molecular weight excluding hydrogens is 234 g/mol. The van der Waals surface area contributed by atoms with Crippen LogP contribution in [-0.2, 0) is 14.3 Å². The highest BCUT2D eigenvalue weighted by molar-refractivity contribution is 5.81. The average Bonchev–Trinajstić information content (AvgIpc) is 3.00. The number of hydrogen-bond acceptors (Lipinski definition) is 3. The monoisotopic (exact) mass is 251 g/mol. The summed E-state index contributed by atoms with van der Waals surface area (Å²) < 4.78 is 5.14. The average molecular weight is 251 g/mol. The maximum Gasteiger partial charge on any atom is 0.334 e. The highest BCUT2D eigenvalue weighted by Crippen LogP contribution is 2.44. The third-order valence-corrected chi connectivity index (χ3v) is 4.25. The Labute approximate surface area is 105 Å². The van der Waals surface area contributed by atoms with Gasteiger partial charge in [0.1, 0.15) is 0 Å². The fourth-order valence-corrected chi connectivity index (χ4v) is 3.30. The molecule has 0 radical (unpaired) electrons. The maximum absolute atomic E-state index is 12.4. The molecule has 1 amide bonds. The number of fused-ring (bicyclic) bond motifs is 2. The Hall–Kier alpha value is -1.36. The van der Waals surface area contributed by atoms with Gasteiger partial charge in [-0.2, -0.15) is 0 Å². The maximum atomic E-state index is 12.4. The Morgan fingerprint density at radius 1 is 1.28 bits per heavy atom. The lowest BCUT2D eigenvalue weighted by Crippen LogP contribution is -2.50. The Bertz CT molecular complexity index is 406. The molecule has 1 heterocycles. The first-order valence-corrected chi connectivity index (χ1v) is 6.46. The largest absolute Gasteiger partial charge is 0.479 e. The Balaban J connectivity index is 1.66. The van der Waals surface area contributed by atoms with Crippen LogP contribution in [0.25, 0.3) is 0 Å². The highest BCUT2D eigenvalue weighted by Gasteiger charge is 2.42. The van der Waals surface area contributed by atoms with Gasteiger partial charge in [-0.1, -0.05) is 12.2 Å². The Morgan fingerprint density at radius 2 is 2.11 bits per heavy atom. The lowest BCUT2D eigenvalue weighted by molar-refractivity contribution is -0.160. The molecule has 0 spiro atoms. The number of carboxylic acid groups (broad SMARTS) is 1. The van der Waals surface area contributed by atoms with Crippen LogP contribution in [0.15, 0.2) is 12.2 Å². The van der Waals surface area contributed by atoms with Crippen molar-refractivity contribution in [3.05, 3.63) is 12.2 Å². The van der Waals surface area contributed by atoms with E-state index < -0.39 is 12.1 Å². The summed E-state index contributed by atoms with van der Waals surface area (Å²) in [6.07, 6.45) is 5.49. The zero-order valence-electron chi connectivity index (χ0n) is 10.1. The molecule has 4 atom stereocenters. The van der Waals surface area contributed by atoms with E-state index in [1.165, 1.54) is 0 Å². The van der Waals surface area contributed by atoms with Crippen molar-refractivity contribution >= 4 is 11.9 Å². The van der Waals surface area contributed by atoms with Crippen LogP contribution in [0.3, 0.4) is 0 Å². The van der Waals surface area contributed by atoms with Crippen LogP contribution in [-0.4, -0.2) is 47.7 Å². The Kier molecular flexibility index (Phi) is 2.86. The summed E-state index contributed by atoms with van der Waals surface area (Å²) in [5.74, 6) is 0.114. The summed E-state index contributed by atoms with van der Waals surface area (Å²) in [4.78, 5) is 25.0. The quantitative estimate of drug-likeness (QED) is 0.726. The molecule has 1 saturated heterocycles. The predicted octanol–water partition coefficient (Wildman–Crippen LogP) is 0.511. The van der Waals surface area contributed by atoms with E-state index >= 15 is 0 Å². The van der Waals surface area contributed by atoms with Crippen molar-refractivity contribution in [2.24, 2.45) is 17.8 Å². The van der Waals surface area contributed by atoms with Gasteiger partial charge in [-0.05, 0) is 24.7 Å². The van der Waals surface area contributed by atoms with Crippen molar-refractivity contribution < 1.29 is 19.4 Å². The first kappa shape index (κ1) is 11.7. The number of carbonyl (C=O) groups is 2. The minimum absolute atomic E-state index is 0.0625. The number of allylic oxidation sites excluding steroid dienone is 2. The molecule has 2 bridgehead atoms. The number of morpholine rings is 1. The van der Waals surface area contributed by atoms with Gasteiger partial charge in [0.05, 0.1) is 13.2 Å². The van der Waals surface area contributed by atoms with Crippen LogP contribution in [0.1, 0.15) is 12.8 Å². The predicted molar refractivity (Wildman–Crippen MR) is 62.8 cm³/mol. The van der Waals surface area contributed by atoms with E-state index in [1.807, 2.05) is 0 Å². The van der Waals surface area contributed by atoms with E-state index in [1.54, 1.807) is 4.90 Å². The van der Waals surface area contributed by atoms with Crippen LogP contribution in [0.2, 0.25) is 0 Å². The number of ether oxygens (including phenoxy) is 1. The molecule has 2 fully saturated rings. The fraction of sp³-hybridized carbons (Fsp3) is 0.692. The van der Waals surface area contributed by atoms with Gasteiger partial charge in [-0.3, -0.25) is 4.79 Å². The molecule has 5 heteroatoms. The Morgan fingerprint density at radius 3 is 2.72 bits per heavy atom. The minimum atomic E-state index is -0.986. The van der Waals surface area contributed by atoms with E-state index in [9.17, 15) is 9.59 Å². The summed E-state index contributed by atoms with van der Waals surface area (Å²) in [6.45, 7) is 1.02. The standard InChI is InChI=1S/C13H17NO4/c15-12(10-6-8-1-2-9(10)5-8)14-3-4-18-11(7-14)13(16)17/h1-2,8-11H,3-7H2,(H,16,17). The number of hydrogen-bond donors (Lipinski definition) is 1. The number of aliphatic carboxylic acids is 1. The molecule has 1 saturated carbocycles. The second-order valence-electron chi connectivity index (χ2n) is 5.37. The summed E-state index contributed by atoms with van der Waals surface area (Å²) >= 11 is 0. The van der Waals surface area contributed by atoms with E-state index in [-0.39, 0.29) is 18.4 Å². The molecule has 3 rings (SSSR count). The molecule has 2 aliphatic carbocycles. The third-order valence-electron chi connectivity index (χ3n) is 4.25. The van der Waals surface area contributed by atoms with Gasteiger partial charge in [0.2, 0.25) is 5.91 Å². The van der Waals surface area contributed by atoms with Gasteiger partial charge in [-0.15, -0.1) is 0 Å². The second kappa shape index (κ2) is 4.39. The number of amides is 1. The summed E-state index contributed by atoms with van der Waals surface area (Å²) in [6, 6.07) is 0. The van der Waals surface area contributed by atoms with Crippen LogP contribution in [0.5, 0.6) is 0 Å². The topological polar surface area (TPSA) is 66.8 Å². The molecule has 1 N–H and O–H groups in total. The first-order valence-electron chi connectivity index (χ1n) is 6.46. The molecular formula is C13H17NO4. The smallest absolute Gasteiger partial charge is 0.334 e. The molecule has 0 aromatic rings. The van der Waals surface area contributed by atoms with Crippen molar-refractivity contribution in [3.63, 3.8) is 0 Å². The van der Waals surface area contributed by atoms with Crippen molar-refractivity contribution in [2.45, 2.75) is 18.9 Å². The summed E-state index contributed by atoms with van der Waals surface area (Å²) in [5, 5.41) is 8.93. The summed E-state index contributed by atoms with van der Waals surface area (Å²) in [7, 11) is 0. The van der Waals surface area contributed by atoms with E-state index in [2.05, 4.69) is 12.2 Å². The van der Waals surface area contributed by atoms with Crippen LogP contribution >= 0.6 is 0 Å². The van der Waals surface area contributed by atoms with Gasteiger partial charge in [0.25, 0.3) is 0 Å². The highest BCUT2D eigenvalue weighted by atomic mass is 16.5. The van der Waals surface area contributed by atoms with Crippen molar-refractivity contribution in [2.75, 3.05) is 19.7 Å². The number of carboxylic acids is 1. The van der Waals surface area contributed by atoms with Gasteiger partial charge < -0.3 is 14.7 Å². The molecule has 5 nitrogen and oxygen atoms in total. The van der Waals surface area contributed by atoms with E-state index in [0.717, 1.165) is 12.8 Å².